The van der Waals surface area contributed by atoms with Crippen LogP contribution < -0.4 is 10.8 Å². The summed E-state index contributed by atoms with van der Waals surface area (Å²) in [6.45, 7) is 3.44. The summed E-state index contributed by atoms with van der Waals surface area (Å²) in [7, 11) is 1.43. The van der Waals surface area contributed by atoms with Gasteiger partial charge in [-0.1, -0.05) is 0 Å². The number of carbonyl (C=O) groups excluding carboxylic acids is 1. The van der Waals surface area contributed by atoms with Gasteiger partial charge in [0.25, 0.3) is 5.91 Å². The molecule has 1 amide bonds. The Kier molecular flexibility index (Phi) is 2.62. The zero-order valence-electron chi connectivity index (χ0n) is 6.73. The molecule has 0 aliphatic carbocycles. The molecule has 1 aliphatic rings. The van der Waals surface area contributed by atoms with Crippen LogP contribution in [0.3, 0.4) is 0 Å². The maximum Gasteiger partial charge on any atom is 0.270 e. The molecule has 11 heavy (non-hydrogen) atoms. The van der Waals surface area contributed by atoms with Crippen LogP contribution in [-0.4, -0.2) is 26.1 Å². The zero-order chi connectivity index (χ0) is 8.27. The summed E-state index contributed by atoms with van der Waals surface area (Å²) in [6.07, 6.45) is 0. The summed E-state index contributed by atoms with van der Waals surface area (Å²) >= 11 is 0. The molecule has 2 N–H and O–H groups in total. The molecule has 4 heteroatoms. The molecule has 0 unspecified atom stereocenters. The van der Waals surface area contributed by atoms with Gasteiger partial charge in [0, 0.05) is 18.7 Å². The van der Waals surface area contributed by atoms with Crippen LogP contribution in [0.5, 0.6) is 0 Å². The number of hydrogen-bond acceptors (Lipinski definition) is 3. The number of amides is 1. The summed E-state index contributed by atoms with van der Waals surface area (Å²) in [4.78, 5) is 15.5. The number of rotatable bonds is 2. The van der Waals surface area contributed by atoms with Crippen molar-refractivity contribution in [3.05, 3.63) is 11.1 Å². The van der Waals surface area contributed by atoms with Crippen LogP contribution in [0.4, 0.5) is 0 Å². The first-order valence-corrected chi connectivity index (χ1v) is 3.48. The van der Waals surface area contributed by atoms with E-state index in [0.29, 0.717) is 0 Å². The van der Waals surface area contributed by atoms with Gasteiger partial charge in [-0.05, 0) is 12.5 Å². The molecular formula is C7H12N2O2. The van der Waals surface area contributed by atoms with Crippen molar-refractivity contribution in [3.8, 4) is 0 Å². The molecule has 1 fully saturated rings. The predicted octanol–water partition coefficient (Wildman–Crippen LogP) is -0.416. The molecule has 0 aromatic rings. The highest BCUT2D eigenvalue weighted by atomic mass is 16.6. The Morgan fingerprint density at radius 1 is 1.64 bits per heavy atom. The molecule has 0 aromatic carbocycles. The second-order valence-corrected chi connectivity index (χ2v) is 2.47. The third-order valence-corrected chi connectivity index (χ3v) is 1.74. The quantitative estimate of drug-likeness (QED) is 0.422. The normalized spacial score (nSPS) is 15.6. The third-order valence-electron chi connectivity index (χ3n) is 1.74. The highest BCUT2D eigenvalue weighted by molar-refractivity contribution is 5.93. The van der Waals surface area contributed by atoms with E-state index in [9.17, 15) is 4.79 Å². The van der Waals surface area contributed by atoms with Crippen LogP contribution in [0.1, 0.15) is 6.92 Å². The Balaban J connectivity index is 2.51. The number of nitrogens with one attached hydrogen (secondary N) is 2. The first kappa shape index (κ1) is 8.23. The minimum atomic E-state index is -0.149. The van der Waals surface area contributed by atoms with Crippen molar-refractivity contribution in [1.29, 1.82) is 0 Å². The lowest BCUT2D eigenvalue weighted by molar-refractivity contribution is -0.127. The smallest absolute Gasteiger partial charge is 0.270 e. The lowest BCUT2D eigenvalue weighted by Gasteiger charge is -2.21. The molecule has 0 spiro atoms. The molecule has 0 saturated carbocycles. The minimum absolute atomic E-state index is 0.149. The van der Waals surface area contributed by atoms with Crippen molar-refractivity contribution < 1.29 is 9.63 Å². The Bertz CT molecular complexity index is 193. The van der Waals surface area contributed by atoms with Gasteiger partial charge in [-0.25, -0.2) is 5.48 Å². The van der Waals surface area contributed by atoms with Gasteiger partial charge in [-0.2, -0.15) is 0 Å². The van der Waals surface area contributed by atoms with E-state index in [1.165, 1.54) is 7.11 Å². The van der Waals surface area contributed by atoms with Crippen molar-refractivity contribution in [3.63, 3.8) is 0 Å². The molecule has 1 rings (SSSR count). The zero-order valence-corrected chi connectivity index (χ0v) is 6.73. The number of hydroxylamine groups is 1. The van der Waals surface area contributed by atoms with E-state index in [-0.39, 0.29) is 5.91 Å². The Labute approximate surface area is 65.6 Å². The van der Waals surface area contributed by atoms with E-state index in [1.807, 2.05) is 0 Å². The summed E-state index contributed by atoms with van der Waals surface area (Å²) in [6, 6.07) is 0. The maximum absolute atomic E-state index is 11.1. The average molecular weight is 156 g/mol. The van der Waals surface area contributed by atoms with Crippen LogP contribution in [0.2, 0.25) is 0 Å². The molecule has 1 saturated heterocycles. The van der Waals surface area contributed by atoms with Crippen LogP contribution in [0.25, 0.3) is 0 Å². The fraction of sp³-hybridized carbons (Fsp3) is 0.571. The molecule has 4 nitrogen and oxygen atoms in total. The Hall–Kier alpha value is -0.870. The van der Waals surface area contributed by atoms with Gasteiger partial charge in [-0.3, -0.25) is 9.63 Å². The maximum atomic E-state index is 11.1. The van der Waals surface area contributed by atoms with E-state index in [0.717, 1.165) is 24.2 Å². The van der Waals surface area contributed by atoms with Crippen LogP contribution in [0.15, 0.2) is 11.1 Å². The highest BCUT2D eigenvalue weighted by Crippen LogP contribution is 2.07. The fourth-order valence-corrected chi connectivity index (χ4v) is 0.845. The Morgan fingerprint density at radius 2 is 2.27 bits per heavy atom. The summed E-state index contributed by atoms with van der Waals surface area (Å²) < 4.78 is 0. The molecule has 0 aromatic heterocycles. The Morgan fingerprint density at radius 3 is 2.64 bits per heavy atom. The van der Waals surface area contributed by atoms with Crippen molar-refractivity contribution in [2.24, 2.45) is 0 Å². The van der Waals surface area contributed by atoms with Crippen molar-refractivity contribution in [2.75, 3.05) is 20.2 Å². The van der Waals surface area contributed by atoms with Gasteiger partial charge < -0.3 is 5.32 Å². The largest absolute Gasteiger partial charge is 0.309 e. The lowest BCUT2D eigenvalue weighted by atomic mass is 10.0. The second-order valence-electron chi connectivity index (χ2n) is 2.47. The molecule has 1 heterocycles. The minimum Gasteiger partial charge on any atom is -0.309 e. The van der Waals surface area contributed by atoms with Crippen molar-refractivity contribution >= 4 is 5.91 Å². The monoisotopic (exact) mass is 156 g/mol. The van der Waals surface area contributed by atoms with E-state index < -0.39 is 0 Å². The van der Waals surface area contributed by atoms with Gasteiger partial charge in [-0.15, -0.1) is 0 Å². The molecular weight excluding hydrogens is 144 g/mol. The van der Waals surface area contributed by atoms with Gasteiger partial charge >= 0.3 is 0 Å². The van der Waals surface area contributed by atoms with E-state index in [1.54, 1.807) is 6.92 Å². The van der Waals surface area contributed by atoms with Gasteiger partial charge in [0.2, 0.25) is 0 Å². The lowest BCUT2D eigenvalue weighted by Crippen LogP contribution is -2.37. The average Bonchev–Trinajstić information content (AvgIpc) is 1.84. The standard InChI is InChI=1S/C7H12N2O2/c1-5(6-3-8-4-6)7(10)9-11-2/h8H,3-4H2,1-2H3,(H,9,10). The topological polar surface area (TPSA) is 50.4 Å². The summed E-state index contributed by atoms with van der Waals surface area (Å²) in [5.41, 5.74) is 4.18. The SMILES string of the molecule is CONC(=O)C(C)=C1CNC1. The van der Waals surface area contributed by atoms with Crippen LogP contribution >= 0.6 is 0 Å². The first-order chi connectivity index (χ1) is 5.25. The fourth-order valence-electron chi connectivity index (χ4n) is 0.845. The summed E-state index contributed by atoms with van der Waals surface area (Å²) in [5, 5.41) is 3.06. The van der Waals surface area contributed by atoms with Crippen molar-refractivity contribution in [1.82, 2.24) is 10.8 Å². The van der Waals surface area contributed by atoms with Gasteiger partial charge in [0.1, 0.15) is 0 Å². The van der Waals surface area contributed by atoms with Gasteiger partial charge in [0.05, 0.1) is 7.11 Å². The first-order valence-electron chi connectivity index (χ1n) is 3.48. The molecule has 1 aliphatic heterocycles. The highest BCUT2D eigenvalue weighted by Gasteiger charge is 2.15. The molecule has 0 bridgehead atoms. The molecule has 0 radical (unpaired) electrons. The van der Waals surface area contributed by atoms with Crippen LogP contribution in [-0.2, 0) is 9.63 Å². The number of carbonyl (C=O) groups is 1. The second kappa shape index (κ2) is 3.50. The van der Waals surface area contributed by atoms with Gasteiger partial charge in [0.15, 0.2) is 0 Å². The van der Waals surface area contributed by atoms with E-state index >= 15 is 0 Å². The third kappa shape index (κ3) is 1.78. The van der Waals surface area contributed by atoms with E-state index in [2.05, 4.69) is 15.6 Å². The van der Waals surface area contributed by atoms with Crippen molar-refractivity contribution in [2.45, 2.75) is 6.92 Å². The number of hydrogen-bond donors (Lipinski definition) is 2. The summed E-state index contributed by atoms with van der Waals surface area (Å²) in [5.74, 6) is -0.149. The van der Waals surface area contributed by atoms with E-state index in [4.69, 9.17) is 0 Å². The molecule has 0 atom stereocenters. The molecule has 62 valence electrons. The predicted molar refractivity (Wildman–Crippen MR) is 40.7 cm³/mol. The van der Waals surface area contributed by atoms with Crippen LogP contribution in [0, 0.1) is 0 Å².